The second kappa shape index (κ2) is 5.83. The Balaban J connectivity index is 2.04. The lowest BCUT2D eigenvalue weighted by Gasteiger charge is -2.37. The molecule has 5 heteroatoms. The highest BCUT2D eigenvalue weighted by atomic mass is 16.5. The van der Waals surface area contributed by atoms with Crippen LogP contribution in [-0.2, 0) is 4.65 Å². The van der Waals surface area contributed by atoms with Crippen LogP contribution in [0.1, 0.15) is 39.3 Å². The quantitative estimate of drug-likeness (QED) is 0.806. The van der Waals surface area contributed by atoms with Gasteiger partial charge >= 0.3 is 7.48 Å². The van der Waals surface area contributed by atoms with Crippen molar-refractivity contribution in [2.45, 2.75) is 44.9 Å². The monoisotopic (exact) mass is 287 g/mol. The van der Waals surface area contributed by atoms with E-state index in [1.54, 1.807) is 21.3 Å². The van der Waals surface area contributed by atoms with Gasteiger partial charge in [0.05, 0.1) is 17.2 Å². The fraction of sp³-hybridized carbons (Fsp3) is 0.500. The number of rotatable bonds is 5. The first-order chi connectivity index (χ1) is 9.69. The molecule has 0 bridgehead atoms. The first-order valence-corrected chi connectivity index (χ1v) is 7.20. The normalized spacial score (nSPS) is 19.1. The predicted octanol–water partition coefficient (Wildman–Crippen LogP) is 1.50. The summed E-state index contributed by atoms with van der Waals surface area (Å²) < 4.78 is 5.79. The van der Waals surface area contributed by atoms with Gasteiger partial charge in [-0.2, -0.15) is 0 Å². The van der Waals surface area contributed by atoms with E-state index >= 15 is 0 Å². The first kappa shape index (κ1) is 16.1. The van der Waals surface area contributed by atoms with Crippen LogP contribution in [0.5, 0.6) is 0 Å². The van der Waals surface area contributed by atoms with E-state index in [9.17, 15) is 5.11 Å². The zero-order valence-electron chi connectivity index (χ0n) is 13.4. The summed E-state index contributed by atoms with van der Waals surface area (Å²) in [7, 11) is 3.69. The molecule has 21 heavy (non-hydrogen) atoms. The Morgan fingerprint density at radius 2 is 2.00 bits per heavy atom. The van der Waals surface area contributed by atoms with E-state index in [-0.39, 0.29) is 6.04 Å². The molecule has 0 aromatic heterocycles. The number of aliphatic hydroxyl groups is 1. The summed E-state index contributed by atoms with van der Waals surface area (Å²) in [5, 5.41) is 12.0. The molecule has 1 aliphatic heterocycles. The molecule has 1 heterocycles. The third-order valence-electron chi connectivity index (χ3n) is 4.08. The Morgan fingerprint density at radius 3 is 2.57 bits per heavy atom. The lowest BCUT2D eigenvalue weighted by molar-refractivity contribution is -0.0893. The summed E-state index contributed by atoms with van der Waals surface area (Å²) in [4.78, 5) is 0. The maximum atomic E-state index is 10.1. The van der Waals surface area contributed by atoms with Gasteiger partial charge in [-0.25, -0.2) is 5.43 Å². The van der Waals surface area contributed by atoms with Crippen molar-refractivity contribution in [2.75, 3.05) is 7.05 Å². The first-order valence-electron chi connectivity index (χ1n) is 7.20. The summed E-state index contributed by atoms with van der Waals surface area (Å²) in [6.45, 7) is 7.26. The Kier molecular flexibility index (Phi) is 4.47. The van der Waals surface area contributed by atoms with Crippen molar-refractivity contribution in [3.8, 4) is 0 Å². The van der Waals surface area contributed by atoms with Crippen LogP contribution in [0.4, 0.5) is 0 Å². The number of benzene rings is 1. The molecule has 4 nitrogen and oxygen atoms in total. The molecule has 1 radical (unpaired) electrons. The van der Waals surface area contributed by atoms with E-state index in [1.807, 2.05) is 44.2 Å². The summed E-state index contributed by atoms with van der Waals surface area (Å²) >= 11 is 0. The molecule has 0 amide bonds. The van der Waals surface area contributed by atoms with E-state index in [0.29, 0.717) is 0 Å². The van der Waals surface area contributed by atoms with Crippen LogP contribution in [0.2, 0.25) is 0 Å². The minimum atomic E-state index is -0.917. The van der Waals surface area contributed by atoms with Gasteiger partial charge in [0.15, 0.2) is 0 Å². The summed E-state index contributed by atoms with van der Waals surface area (Å²) in [6.07, 6.45) is 4.12. The van der Waals surface area contributed by atoms with E-state index in [4.69, 9.17) is 4.65 Å². The topological polar surface area (TPSA) is 44.7 Å². The third-order valence-corrected chi connectivity index (χ3v) is 4.08. The summed E-state index contributed by atoms with van der Waals surface area (Å²) in [5.74, 6) is 0. The number of hydrazine groups is 1. The van der Waals surface area contributed by atoms with Gasteiger partial charge in [-0.1, -0.05) is 29.7 Å². The Bertz CT molecular complexity index is 523. The van der Waals surface area contributed by atoms with Gasteiger partial charge in [0.25, 0.3) is 0 Å². The second-order valence-corrected chi connectivity index (χ2v) is 6.53. The van der Waals surface area contributed by atoms with Gasteiger partial charge in [0.2, 0.25) is 0 Å². The highest BCUT2D eigenvalue weighted by molar-refractivity contribution is 6.47. The van der Waals surface area contributed by atoms with Gasteiger partial charge in [-0.05, 0) is 39.3 Å². The van der Waals surface area contributed by atoms with Gasteiger partial charge in [-0.3, -0.25) is 0 Å². The minimum Gasteiger partial charge on any atom is -0.427 e. The molecule has 0 saturated carbocycles. The zero-order chi connectivity index (χ0) is 15.7. The standard InChI is InChI=1S/C16H24BN2O2/c1-15(2,20)16(3,4)21-17-13-8-6-7-12(11-13)14-9-10-19(5)18-14/h6-11,14,18,20H,1-5H3. The van der Waals surface area contributed by atoms with Crippen molar-refractivity contribution in [3.63, 3.8) is 0 Å². The molecular formula is C16H24BN2O2. The molecule has 1 aliphatic rings. The van der Waals surface area contributed by atoms with Crippen LogP contribution in [0.15, 0.2) is 36.5 Å². The van der Waals surface area contributed by atoms with Crippen LogP contribution in [0.3, 0.4) is 0 Å². The SMILES string of the molecule is CN1C=CC(c2cccc([B]OC(C)(C)C(C)(C)O)c2)N1. The van der Waals surface area contributed by atoms with E-state index in [1.165, 1.54) is 5.56 Å². The van der Waals surface area contributed by atoms with Crippen molar-refractivity contribution in [3.05, 3.63) is 42.1 Å². The fourth-order valence-electron chi connectivity index (χ4n) is 1.89. The van der Waals surface area contributed by atoms with Crippen molar-refractivity contribution in [2.24, 2.45) is 0 Å². The minimum absolute atomic E-state index is 0.186. The third kappa shape index (κ3) is 3.87. The molecule has 1 atom stereocenters. The molecular weight excluding hydrogens is 263 g/mol. The molecule has 2 N–H and O–H groups in total. The number of hydrogen-bond donors (Lipinski definition) is 2. The van der Waals surface area contributed by atoms with Crippen molar-refractivity contribution in [1.29, 1.82) is 0 Å². The molecule has 0 aliphatic carbocycles. The Morgan fingerprint density at radius 1 is 1.29 bits per heavy atom. The van der Waals surface area contributed by atoms with Gasteiger partial charge in [0.1, 0.15) is 0 Å². The highest BCUT2D eigenvalue weighted by Crippen LogP contribution is 2.24. The second-order valence-electron chi connectivity index (χ2n) is 6.53. The van der Waals surface area contributed by atoms with Gasteiger partial charge in [-0.15, -0.1) is 0 Å². The average Bonchev–Trinajstić information content (AvgIpc) is 2.82. The highest BCUT2D eigenvalue weighted by Gasteiger charge is 2.35. The molecule has 0 fully saturated rings. The Labute approximate surface area is 128 Å². The molecule has 1 aromatic rings. The van der Waals surface area contributed by atoms with Crippen LogP contribution >= 0.6 is 0 Å². The fourth-order valence-corrected chi connectivity index (χ4v) is 1.89. The largest absolute Gasteiger partial charge is 0.427 e. The van der Waals surface area contributed by atoms with Crippen LogP contribution in [-0.4, -0.2) is 35.8 Å². The molecule has 0 saturated heterocycles. The molecule has 0 spiro atoms. The lowest BCUT2D eigenvalue weighted by atomic mass is 9.81. The van der Waals surface area contributed by atoms with E-state index in [0.717, 1.165) is 5.46 Å². The van der Waals surface area contributed by atoms with Crippen molar-refractivity contribution in [1.82, 2.24) is 10.4 Å². The number of nitrogens with zero attached hydrogens (tertiary/aromatic N) is 1. The summed E-state index contributed by atoms with van der Waals surface area (Å²) in [5.41, 5.74) is 3.90. The van der Waals surface area contributed by atoms with Crippen LogP contribution in [0, 0.1) is 0 Å². The van der Waals surface area contributed by atoms with E-state index < -0.39 is 11.2 Å². The van der Waals surface area contributed by atoms with Crippen molar-refractivity contribution >= 4 is 12.9 Å². The van der Waals surface area contributed by atoms with Crippen LogP contribution < -0.4 is 10.9 Å². The maximum absolute atomic E-state index is 10.1. The average molecular weight is 287 g/mol. The maximum Gasteiger partial charge on any atom is 0.330 e. The molecule has 113 valence electrons. The van der Waals surface area contributed by atoms with Gasteiger partial charge < -0.3 is 14.8 Å². The van der Waals surface area contributed by atoms with Crippen molar-refractivity contribution < 1.29 is 9.76 Å². The van der Waals surface area contributed by atoms with E-state index in [2.05, 4.69) is 23.6 Å². The zero-order valence-corrected chi connectivity index (χ0v) is 13.4. The number of hydrogen-bond acceptors (Lipinski definition) is 4. The molecule has 1 aromatic carbocycles. The lowest BCUT2D eigenvalue weighted by Crippen LogP contribution is -2.49. The Hall–Kier alpha value is -1.30. The van der Waals surface area contributed by atoms with Crippen LogP contribution in [0.25, 0.3) is 0 Å². The molecule has 2 rings (SSSR count). The predicted molar refractivity (Wildman–Crippen MR) is 86.1 cm³/mol. The number of nitrogens with one attached hydrogen (secondary N) is 1. The molecule has 1 unspecified atom stereocenters. The summed E-state index contributed by atoms with van der Waals surface area (Å²) in [6, 6.07) is 8.36. The van der Waals surface area contributed by atoms with Gasteiger partial charge in [0, 0.05) is 13.2 Å². The smallest absolute Gasteiger partial charge is 0.330 e.